The Hall–Kier alpha value is 0.310. The summed E-state index contributed by atoms with van der Waals surface area (Å²) in [4.78, 5) is 0. The van der Waals surface area contributed by atoms with Crippen molar-refractivity contribution < 1.29 is 0 Å². The van der Waals surface area contributed by atoms with Crippen LogP contribution in [-0.4, -0.2) is 18.3 Å². The van der Waals surface area contributed by atoms with E-state index >= 15 is 0 Å². The second kappa shape index (κ2) is 2.74. The molecule has 0 radical (unpaired) electrons. The maximum atomic E-state index is 4.39. The smallest absolute Gasteiger partial charge is 0.0168 e. The summed E-state index contributed by atoms with van der Waals surface area (Å²) in [5, 5.41) is 3.88. The Bertz CT molecular complexity index is 64.9. The Labute approximate surface area is 56.3 Å². The Morgan fingerprint density at radius 2 is 2.38 bits per heavy atom. The van der Waals surface area contributed by atoms with Crippen molar-refractivity contribution in [2.45, 2.75) is 18.6 Å². The molecular weight excluding hydrogens is 118 g/mol. The Morgan fingerprint density at radius 1 is 1.62 bits per heavy atom. The van der Waals surface area contributed by atoms with Gasteiger partial charge in [0.05, 0.1) is 0 Å². The average Bonchev–Trinajstić information content (AvgIpc) is 1.77. The molecule has 2 atom stereocenters. The lowest BCUT2D eigenvalue weighted by Gasteiger charge is -2.24. The summed E-state index contributed by atoms with van der Waals surface area (Å²) in [6.07, 6.45) is 1.29. The molecule has 0 aliphatic carbocycles. The summed E-state index contributed by atoms with van der Waals surface area (Å²) >= 11 is 4.39. The molecule has 1 rings (SSSR count). The van der Waals surface area contributed by atoms with Crippen molar-refractivity contribution in [1.29, 1.82) is 0 Å². The van der Waals surface area contributed by atoms with Gasteiger partial charge in [-0.1, -0.05) is 6.92 Å². The zero-order valence-corrected chi connectivity index (χ0v) is 6.12. The first-order chi connectivity index (χ1) is 3.80. The molecule has 1 fully saturated rings. The van der Waals surface area contributed by atoms with E-state index in [1.807, 2.05) is 0 Å². The van der Waals surface area contributed by atoms with Gasteiger partial charge in [-0.05, 0) is 18.9 Å². The van der Waals surface area contributed by atoms with Crippen molar-refractivity contribution in [2.24, 2.45) is 5.92 Å². The fourth-order valence-corrected chi connectivity index (χ4v) is 1.25. The minimum atomic E-state index is 0.587. The van der Waals surface area contributed by atoms with Crippen molar-refractivity contribution >= 4 is 12.6 Å². The van der Waals surface area contributed by atoms with Crippen molar-refractivity contribution in [3.8, 4) is 0 Å². The molecule has 1 heterocycles. The fourth-order valence-electron chi connectivity index (χ4n) is 0.973. The normalized spacial score (nSPS) is 39.8. The first-order valence-electron chi connectivity index (χ1n) is 3.19. The van der Waals surface area contributed by atoms with Gasteiger partial charge in [0, 0.05) is 11.8 Å². The maximum absolute atomic E-state index is 4.39. The third-order valence-corrected chi connectivity index (χ3v) is 2.48. The molecule has 2 heteroatoms. The zero-order chi connectivity index (χ0) is 5.98. The number of thiol groups is 1. The van der Waals surface area contributed by atoms with Crippen molar-refractivity contribution in [1.82, 2.24) is 5.32 Å². The number of piperidine rings is 1. The predicted octanol–water partition coefficient (Wildman–Crippen LogP) is 0.914. The molecule has 0 saturated carbocycles. The monoisotopic (exact) mass is 131 g/mol. The van der Waals surface area contributed by atoms with Crippen LogP contribution in [0.25, 0.3) is 0 Å². The first-order valence-corrected chi connectivity index (χ1v) is 3.71. The van der Waals surface area contributed by atoms with Crippen LogP contribution >= 0.6 is 12.6 Å². The molecule has 0 aromatic rings. The average molecular weight is 131 g/mol. The highest BCUT2D eigenvalue weighted by Gasteiger charge is 2.15. The van der Waals surface area contributed by atoms with Gasteiger partial charge in [0.2, 0.25) is 0 Å². The molecule has 48 valence electrons. The minimum Gasteiger partial charge on any atom is -0.316 e. The summed E-state index contributed by atoms with van der Waals surface area (Å²) in [6.45, 7) is 4.53. The van der Waals surface area contributed by atoms with Gasteiger partial charge in [0.25, 0.3) is 0 Å². The van der Waals surface area contributed by atoms with Crippen LogP contribution in [0.15, 0.2) is 0 Å². The number of nitrogens with one attached hydrogen (secondary N) is 1. The van der Waals surface area contributed by atoms with Crippen LogP contribution in [0.5, 0.6) is 0 Å². The predicted molar refractivity (Wildman–Crippen MR) is 39.4 cm³/mol. The lowest BCUT2D eigenvalue weighted by Crippen LogP contribution is -2.35. The minimum absolute atomic E-state index is 0.587. The standard InChI is InChI=1S/C6H13NS/c1-5-2-3-7-4-6(5)8/h5-8H,2-4H2,1H3/t5-,6+/m1/s1. The van der Waals surface area contributed by atoms with Crippen LogP contribution in [0.4, 0.5) is 0 Å². The molecule has 0 bridgehead atoms. The van der Waals surface area contributed by atoms with Crippen LogP contribution in [0.1, 0.15) is 13.3 Å². The fraction of sp³-hybridized carbons (Fsp3) is 1.00. The second-order valence-corrected chi connectivity index (χ2v) is 3.20. The van der Waals surface area contributed by atoms with Crippen LogP contribution in [-0.2, 0) is 0 Å². The van der Waals surface area contributed by atoms with Gasteiger partial charge in [0.1, 0.15) is 0 Å². The SMILES string of the molecule is C[C@@H]1CCNC[C@@H]1S. The van der Waals surface area contributed by atoms with Crippen LogP contribution in [0, 0.1) is 5.92 Å². The highest BCUT2D eigenvalue weighted by Crippen LogP contribution is 2.15. The van der Waals surface area contributed by atoms with E-state index in [1.165, 1.54) is 13.0 Å². The molecule has 1 aliphatic rings. The number of rotatable bonds is 0. The third-order valence-electron chi connectivity index (χ3n) is 1.79. The summed E-state index contributed by atoms with van der Waals surface area (Å²) < 4.78 is 0. The van der Waals surface area contributed by atoms with Gasteiger partial charge in [-0.3, -0.25) is 0 Å². The molecule has 0 unspecified atom stereocenters. The van der Waals surface area contributed by atoms with Gasteiger partial charge in [0.15, 0.2) is 0 Å². The molecule has 1 aliphatic heterocycles. The van der Waals surface area contributed by atoms with E-state index in [9.17, 15) is 0 Å². The van der Waals surface area contributed by atoms with Gasteiger partial charge in [-0.25, -0.2) is 0 Å². The highest BCUT2D eigenvalue weighted by molar-refractivity contribution is 7.81. The summed E-state index contributed by atoms with van der Waals surface area (Å²) in [5.74, 6) is 0.805. The van der Waals surface area contributed by atoms with E-state index in [2.05, 4.69) is 24.9 Å². The third kappa shape index (κ3) is 1.39. The van der Waals surface area contributed by atoms with Crippen molar-refractivity contribution in [3.05, 3.63) is 0 Å². The van der Waals surface area contributed by atoms with E-state index in [1.54, 1.807) is 0 Å². The maximum Gasteiger partial charge on any atom is 0.0168 e. The lowest BCUT2D eigenvalue weighted by atomic mass is 10.0. The molecule has 1 saturated heterocycles. The molecule has 8 heavy (non-hydrogen) atoms. The Balaban J connectivity index is 2.28. The van der Waals surface area contributed by atoms with Gasteiger partial charge < -0.3 is 5.32 Å². The zero-order valence-electron chi connectivity index (χ0n) is 5.22. The van der Waals surface area contributed by atoms with E-state index in [-0.39, 0.29) is 0 Å². The van der Waals surface area contributed by atoms with Crippen LogP contribution in [0.3, 0.4) is 0 Å². The summed E-state index contributed by atoms with van der Waals surface area (Å²) in [7, 11) is 0. The van der Waals surface area contributed by atoms with Gasteiger partial charge in [-0.2, -0.15) is 12.6 Å². The van der Waals surface area contributed by atoms with Gasteiger partial charge in [-0.15, -0.1) is 0 Å². The van der Waals surface area contributed by atoms with Gasteiger partial charge >= 0.3 is 0 Å². The molecule has 0 aromatic carbocycles. The van der Waals surface area contributed by atoms with Crippen LogP contribution < -0.4 is 5.32 Å². The van der Waals surface area contributed by atoms with E-state index in [0.717, 1.165) is 12.5 Å². The largest absolute Gasteiger partial charge is 0.316 e. The Morgan fingerprint density at radius 3 is 2.75 bits per heavy atom. The summed E-state index contributed by atoms with van der Waals surface area (Å²) in [5.41, 5.74) is 0. The van der Waals surface area contributed by atoms with Crippen molar-refractivity contribution in [3.63, 3.8) is 0 Å². The molecular formula is C6H13NS. The summed E-state index contributed by atoms with van der Waals surface area (Å²) in [6, 6.07) is 0. The van der Waals surface area contributed by atoms with Crippen LogP contribution in [0.2, 0.25) is 0 Å². The second-order valence-electron chi connectivity index (χ2n) is 2.54. The van der Waals surface area contributed by atoms with E-state index in [4.69, 9.17) is 0 Å². The topological polar surface area (TPSA) is 12.0 Å². The quantitative estimate of drug-likeness (QED) is 0.466. The molecule has 0 aromatic heterocycles. The number of hydrogen-bond acceptors (Lipinski definition) is 2. The molecule has 1 N–H and O–H groups in total. The van der Waals surface area contributed by atoms with E-state index < -0.39 is 0 Å². The molecule has 0 amide bonds. The molecule has 1 nitrogen and oxygen atoms in total. The Kier molecular flexibility index (Phi) is 2.20. The van der Waals surface area contributed by atoms with Crippen molar-refractivity contribution in [2.75, 3.05) is 13.1 Å². The number of hydrogen-bond donors (Lipinski definition) is 2. The highest BCUT2D eigenvalue weighted by atomic mass is 32.1. The molecule has 0 spiro atoms. The lowest BCUT2D eigenvalue weighted by molar-refractivity contribution is 0.416. The van der Waals surface area contributed by atoms with E-state index in [0.29, 0.717) is 5.25 Å². The first kappa shape index (κ1) is 6.43.